The molecule has 0 saturated heterocycles. The smallest absolute Gasteiger partial charge is 0.225 e. The Morgan fingerprint density at radius 2 is 1.78 bits per heavy atom. The highest BCUT2D eigenvalue weighted by atomic mass is 35.5. The van der Waals surface area contributed by atoms with E-state index in [4.69, 9.17) is 16.6 Å². The zero-order valence-electron chi connectivity index (χ0n) is 16.2. The van der Waals surface area contributed by atoms with Gasteiger partial charge in [0.1, 0.15) is 5.82 Å². The van der Waals surface area contributed by atoms with Crippen LogP contribution in [0.15, 0.2) is 48.5 Å². The molecule has 1 heterocycles. The van der Waals surface area contributed by atoms with Gasteiger partial charge in [-0.2, -0.15) is 4.98 Å². The Bertz CT molecular complexity index is 925. The molecule has 1 atom stereocenters. The molecule has 0 aliphatic rings. The summed E-state index contributed by atoms with van der Waals surface area (Å²) in [5, 5.41) is 7.56. The maximum absolute atomic E-state index is 6.31. The van der Waals surface area contributed by atoms with Crippen LogP contribution in [0.1, 0.15) is 31.4 Å². The third-order valence-corrected chi connectivity index (χ3v) is 5.05. The molecule has 4 nitrogen and oxygen atoms in total. The number of nitrogens with zero attached hydrogens (tertiary/aromatic N) is 2. The largest absolute Gasteiger partial charge is 0.352 e. The monoisotopic (exact) mass is 380 g/mol. The number of nitrogens with one attached hydrogen (secondary N) is 2. The van der Waals surface area contributed by atoms with E-state index in [1.165, 1.54) is 0 Å². The zero-order valence-corrected chi connectivity index (χ0v) is 16.9. The van der Waals surface area contributed by atoms with Gasteiger partial charge in [0.15, 0.2) is 0 Å². The molecular formula is C22H25ClN4. The van der Waals surface area contributed by atoms with Gasteiger partial charge in [-0.05, 0) is 44.4 Å². The molecular weight excluding hydrogens is 356 g/mol. The van der Waals surface area contributed by atoms with Gasteiger partial charge in [-0.25, -0.2) is 4.98 Å². The second kappa shape index (κ2) is 8.40. The van der Waals surface area contributed by atoms with Gasteiger partial charge in [0.05, 0.1) is 5.69 Å². The summed E-state index contributed by atoms with van der Waals surface area (Å²) in [4.78, 5) is 9.38. The van der Waals surface area contributed by atoms with Crippen LogP contribution in [-0.2, 0) is 0 Å². The Kier molecular flexibility index (Phi) is 5.97. The maximum atomic E-state index is 6.31. The Labute approximate surface area is 166 Å². The molecule has 0 aliphatic heterocycles. The number of aryl methyl sites for hydroxylation is 1. The predicted molar refractivity (Wildman–Crippen MR) is 115 cm³/mol. The van der Waals surface area contributed by atoms with Crippen molar-refractivity contribution in [1.82, 2.24) is 9.97 Å². The minimum Gasteiger partial charge on any atom is -0.352 e. The SMILES string of the molecule is CC[C@@H](C)Nc1nc(Nc2c(C)ccc(Cl)c2C)cc(-c2ccccc2)n1. The van der Waals surface area contributed by atoms with Gasteiger partial charge in [-0.15, -0.1) is 0 Å². The van der Waals surface area contributed by atoms with Crippen molar-refractivity contribution in [2.75, 3.05) is 10.6 Å². The molecule has 0 spiro atoms. The molecule has 0 unspecified atom stereocenters. The first-order chi connectivity index (χ1) is 13.0. The molecule has 27 heavy (non-hydrogen) atoms. The van der Waals surface area contributed by atoms with Gasteiger partial charge in [-0.1, -0.05) is 54.9 Å². The van der Waals surface area contributed by atoms with E-state index >= 15 is 0 Å². The lowest BCUT2D eigenvalue weighted by Crippen LogP contribution is -2.16. The van der Waals surface area contributed by atoms with Crippen LogP contribution in [0, 0.1) is 13.8 Å². The first-order valence-electron chi connectivity index (χ1n) is 9.21. The van der Waals surface area contributed by atoms with Crippen LogP contribution >= 0.6 is 11.6 Å². The number of anilines is 3. The van der Waals surface area contributed by atoms with E-state index in [0.29, 0.717) is 12.0 Å². The second-order valence-corrected chi connectivity index (χ2v) is 7.18. The third-order valence-electron chi connectivity index (χ3n) is 4.64. The van der Waals surface area contributed by atoms with Crippen LogP contribution in [-0.4, -0.2) is 16.0 Å². The summed E-state index contributed by atoms with van der Waals surface area (Å²) in [6, 6.07) is 16.3. The lowest BCUT2D eigenvalue weighted by atomic mass is 10.1. The highest BCUT2D eigenvalue weighted by molar-refractivity contribution is 6.31. The molecule has 0 amide bonds. The van der Waals surface area contributed by atoms with E-state index in [-0.39, 0.29) is 0 Å². The summed E-state index contributed by atoms with van der Waals surface area (Å²) >= 11 is 6.31. The first kappa shape index (κ1) is 19.2. The van der Waals surface area contributed by atoms with Crippen molar-refractivity contribution >= 4 is 29.1 Å². The predicted octanol–water partition coefficient (Wildman–Crippen LogP) is 6.37. The maximum Gasteiger partial charge on any atom is 0.225 e. The van der Waals surface area contributed by atoms with E-state index < -0.39 is 0 Å². The average molecular weight is 381 g/mol. The summed E-state index contributed by atoms with van der Waals surface area (Å²) in [7, 11) is 0. The molecule has 0 saturated carbocycles. The Morgan fingerprint density at radius 1 is 1.04 bits per heavy atom. The molecule has 2 N–H and O–H groups in total. The van der Waals surface area contributed by atoms with Crippen molar-refractivity contribution in [3.63, 3.8) is 0 Å². The van der Waals surface area contributed by atoms with Crippen LogP contribution in [0.4, 0.5) is 17.5 Å². The van der Waals surface area contributed by atoms with E-state index in [1.54, 1.807) is 0 Å². The van der Waals surface area contributed by atoms with E-state index in [2.05, 4.69) is 48.5 Å². The minimum atomic E-state index is 0.290. The van der Waals surface area contributed by atoms with Crippen molar-refractivity contribution < 1.29 is 0 Å². The fraction of sp³-hybridized carbons (Fsp3) is 0.273. The fourth-order valence-corrected chi connectivity index (χ4v) is 2.95. The van der Waals surface area contributed by atoms with Crippen LogP contribution < -0.4 is 10.6 Å². The van der Waals surface area contributed by atoms with E-state index in [9.17, 15) is 0 Å². The lowest BCUT2D eigenvalue weighted by Gasteiger charge is -2.17. The summed E-state index contributed by atoms with van der Waals surface area (Å²) in [6.45, 7) is 8.33. The fourth-order valence-electron chi connectivity index (χ4n) is 2.80. The zero-order chi connectivity index (χ0) is 19.4. The lowest BCUT2D eigenvalue weighted by molar-refractivity contribution is 0.753. The topological polar surface area (TPSA) is 49.8 Å². The van der Waals surface area contributed by atoms with Gasteiger partial charge in [0.25, 0.3) is 0 Å². The van der Waals surface area contributed by atoms with Crippen molar-refractivity contribution in [2.24, 2.45) is 0 Å². The highest BCUT2D eigenvalue weighted by Gasteiger charge is 2.12. The summed E-state index contributed by atoms with van der Waals surface area (Å²) in [5.41, 5.74) is 5.03. The number of benzene rings is 2. The van der Waals surface area contributed by atoms with Crippen LogP contribution in [0.25, 0.3) is 11.3 Å². The van der Waals surface area contributed by atoms with E-state index in [0.717, 1.165) is 45.3 Å². The minimum absolute atomic E-state index is 0.290. The van der Waals surface area contributed by atoms with Crippen molar-refractivity contribution in [1.29, 1.82) is 0 Å². The first-order valence-corrected chi connectivity index (χ1v) is 9.59. The quantitative estimate of drug-likeness (QED) is 0.521. The summed E-state index contributed by atoms with van der Waals surface area (Å²) in [6.07, 6.45) is 0.994. The molecule has 0 bridgehead atoms. The highest BCUT2D eigenvalue weighted by Crippen LogP contribution is 2.31. The van der Waals surface area contributed by atoms with Gasteiger partial charge >= 0.3 is 0 Å². The molecule has 0 aliphatic carbocycles. The number of aromatic nitrogens is 2. The molecule has 0 radical (unpaired) electrons. The number of hydrogen-bond donors (Lipinski definition) is 2. The Morgan fingerprint density at radius 3 is 2.48 bits per heavy atom. The van der Waals surface area contributed by atoms with Gasteiger partial charge in [0, 0.05) is 28.4 Å². The molecule has 2 aromatic carbocycles. The van der Waals surface area contributed by atoms with Crippen molar-refractivity contribution in [2.45, 2.75) is 40.2 Å². The number of rotatable bonds is 6. The van der Waals surface area contributed by atoms with Gasteiger partial charge in [-0.3, -0.25) is 0 Å². The van der Waals surface area contributed by atoms with Crippen LogP contribution in [0.2, 0.25) is 5.02 Å². The summed E-state index contributed by atoms with van der Waals surface area (Å²) < 4.78 is 0. The normalized spacial score (nSPS) is 11.9. The van der Waals surface area contributed by atoms with Gasteiger partial charge in [0.2, 0.25) is 5.95 Å². The van der Waals surface area contributed by atoms with Crippen molar-refractivity contribution in [3.8, 4) is 11.3 Å². The molecule has 140 valence electrons. The number of hydrogen-bond acceptors (Lipinski definition) is 4. The molecule has 1 aromatic heterocycles. The Balaban J connectivity index is 2.04. The third kappa shape index (κ3) is 4.58. The Hall–Kier alpha value is -2.59. The second-order valence-electron chi connectivity index (χ2n) is 6.77. The standard InChI is InChI=1S/C22H25ClN4/c1-5-15(3)24-22-25-19(17-9-7-6-8-10-17)13-20(27-22)26-21-14(2)11-12-18(23)16(21)4/h6-13,15H,5H2,1-4H3,(H2,24,25,26,27)/t15-/m1/s1. The molecule has 5 heteroatoms. The molecule has 3 aromatic rings. The number of halogens is 1. The average Bonchev–Trinajstić information content (AvgIpc) is 2.68. The molecule has 0 fully saturated rings. The van der Waals surface area contributed by atoms with Crippen LogP contribution in [0.3, 0.4) is 0 Å². The van der Waals surface area contributed by atoms with Gasteiger partial charge < -0.3 is 10.6 Å². The van der Waals surface area contributed by atoms with Crippen molar-refractivity contribution in [3.05, 3.63) is 64.7 Å². The molecule has 3 rings (SSSR count). The van der Waals surface area contributed by atoms with E-state index in [1.807, 2.05) is 43.3 Å². The van der Waals surface area contributed by atoms with Crippen LogP contribution in [0.5, 0.6) is 0 Å². The summed E-state index contributed by atoms with van der Waals surface area (Å²) in [5.74, 6) is 1.36.